The van der Waals surface area contributed by atoms with Crippen LogP contribution in [0.3, 0.4) is 0 Å². The van der Waals surface area contributed by atoms with Gasteiger partial charge in [0.25, 0.3) is 0 Å². The average molecular weight is 500 g/mol. The van der Waals surface area contributed by atoms with Crippen molar-refractivity contribution < 1.29 is 0 Å². The molecular weight excluding hydrogens is 474 g/mol. The molecule has 0 spiro atoms. The van der Waals surface area contributed by atoms with Crippen LogP contribution in [0.25, 0.3) is 65.9 Å². The lowest BCUT2D eigenvalue weighted by molar-refractivity contribution is 0.996. The number of pyridine rings is 1. The zero-order chi connectivity index (χ0) is 25.8. The van der Waals surface area contributed by atoms with Crippen molar-refractivity contribution in [2.24, 2.45) is 0 Å². The van der Waals surface area contributed by atoms with E-state index in [1.54, 1.807) is 0 Å². The first-order valence-electron chi connectivity index (χ1n) is 13.4. The van der Waals surface area contributed by atoms with E-state index in [4.69, 9.17) is 0 Å². The predicted octanol–water partition coefficient (Wildman–Crippen LogP) is 8.65. The molecule has 1 N–H and O–H groups in total. The van der Waals surface area contributed by atoms with E-state index in [9.17, 15) is 0 Å². The van der Waals surface area contributed by atoms with Gasteiger partial charge in [0.1, 0.15) is 0 Å². The van der Waals surface area contributed by atoms with Crippen LogP contribution in [0, 0.1) is 0 Å². The zero-order valence-electron chi connectivity index (χ0n) is 21.3. The van der Waals surface area contributed by atoms with Crippen molar-refractivity contribution in [3.63, 3.8) is 0 Å². The van der Waals surface area contributed by atoms with Gasteiger partial charge in [-0.2, -0.15) is 0 Å². The minimum atomic E-state index is 0.859. The summed E-state index contributed by atoms with van der Waals surface area (Å²) in [6.45, 7) is 0.859. The molecule has 39 heavy (non-hydrogen) atoms. The Labute approximate surface area is 226 Å². The number of benzene rings is 5. The molecule has 2 aromatic heterocycles. The van der Waals surface area contributed by atoms with Crippen molar-refractivity contribution in [3.8, 4) is 16.8 Å². The highest BCUT2D eigenvalue weighted by atomic mass is 15.0. The number of allylic oxidation sites excluding steroid dienone is 2. The zero-order valence-corrected chi connectivity index (χ0v) is 21.3. The van der Waals surface area contributed by atoms with E-state index in [1.807, 2.05) is 12.4 Å². The molecule has 0 saturated carbocycles. The molecule has 3 nitrogen and oxygen atoms in total. The van der Waals surface area contributed by atoms with Crippen molar-refractivity contribution in [3.05, 3.63) is 139 Å². The molecule has 0 atom stereocenters. The van der Waals surface area contributed by atoms with Crippen LogP contribution in [0.15, 0.2) is 134 Å². The lowest BCUT2D eigenvalue weighted by Crippen LogP contribution is -2.14. The monoisotopic (exact) mass is 499 g/mol. The van der Waals surface area contributed by atoms with Gasteiger partial charge in [0.2, 0.25) is 0 Å². The molecule has 0 aliphatic carbocycles. The molecule has 0 radical (unpaired) electrons. The highest BCUT2D eigenvalue weighted by molar-refractivity contribution is 6.20. The van der Waals surface area contributed by atoms with Crippen molar-refractivity contribution in [1.29, 1.82) is 0 Å². The van der Waals surface area contributed by atoms with Gasteiger partial charge in [0, 0.05) is 46.2 Å². The summed E-state index contributed by atoms with van der Waals surface area (Å²) >= 11 is 0. The third-order valence-corrected chi connectivity index (χ3v) is 7.89. The Morgan fingerprint density at radius 3 is 2.33 bits per heavy atom. The molecule has 0 saturated heterocycles. The third-order valence-electron chi connectivity index (χ3n) is 7.89. The van der Waals surface area contributed by atoms with Gasteiger partial charge in [0.05, 0.1) is 16.7 Å². The van der Waals surface area contributed by atoms with E-state index in [0.717, 1.165) is 12.2 Å². The van der Waals surface area contributed by atoms with Crippen molar-refractivity contribution >= 4 is 49.0 Å². The summed E-state index contributed by atoms with van der Waals surface area (Å²) in [5, 5.41) is 11.0. The molecule has 1 aliphatic rings. The largest absolute Gasteiger partial charge is 0.381 e. The molecule has 5 aromatic carbocycles. The van der Waals surface area contributed by atoms with Crippen LogP contribution in [0.4, 0.5) is 0 Å². The number of hydrogen-bond donors (Lipinski definition) is 1. The average Bonchev–Trinajstić information content (AvgIpc) is 3.35. The van der Waals surface area contributed by atoms with Crippen LogP contribution < -0.4 is 5.32 Å². The first-order valence-corrected chi connectivity index (χ1v) is 13.4. The lowest BCUT2D eigenvalue weighted by Gasteiger charge is -2.15. The van der Waals surface area contributed by atoms with Crippen LogP contribution in [-0.4, -0.2) is 16.1 Å². The molecule has 8 rings (SSSR count). The fourth-order valence-electron chi connectivity index (χ4n) is 6.04. The number of nitrogens with one attached hydrogen (secondary N) is 1. The van der Waals surface area contributed by atoms with Crippen molar-refractivity contribution in [2.45, 2.75) is 0 Å². The molecule has 0 amide bonds. The molecule has 1 aliphatic heterocycles. The molecule has 184 valence electrons. The second-order valence-electron chi connectivity index (χ2n) is 10.1. The van der Waals surface area contributed by atoms with Gasteiger partial charge >= 0.3 is 0 Å². The Morgan fingerprint density at radius 1 is 0.615 bits per heavy atom. The molecule has 0 fully saturated rings. The second kappa shape index (κ2) is 8.71. The van der Waals surface area contributed by atoms with Gasteiger partial charge in [-0.05, 0) is 63.9 Å². The molecule has 3 heteroatoms. The third kappa shape index (κ3) is 3.48. The summed E-state index contributed by atoms with van der Waals surface area (Å²) in [7, 11) is 0. The quantitative estimate of drug-likeness (QED) is 0.264. The van der Waals surface area contributed by atoms with Gasteiger partial charge in [-0.25, -0.2) is 0 Å². The van der Waals surface area contributed by atoms with Gasteiger partial charge in [-0.15, -0.1) is 0 Å². The molecular formula is C36H25N3. The Hall–Kier alpha value is -5.15. The summed E-state index contributed by atoms with van der Waals surface area (Å²) in [6, 6.07) is 37.7. The summed E-state index contributed by atoms with van der Waals surface area (Å²) in [5.41, 5.74) is 8.35. The van der Waals surface area contributed by atoms with E-state index in [0.29, 0.717) is 0 Å². The molecule has 0 bridgehead atoms. The van der Waals surface area contributed by atoms with Crippen LogP contribution in [0.5, 0.6) is 0 Å². The maximum Gasteiger partial charge on any atom is 0.0619 e. The van der Waals surface area contributed by atoms with Gasteiger partial charge in [-0.3, -0.25) is 4.98 Å². The highest BCUT2D eigenvalue weighted by Gasteiger charge is 2.18. The molecule has 3 heterocycles. The second-order valence-corrected chi connectivity index (χ2v) is 10.1. The Morgan fingerprint density at radius 2 is 1.44 bits per heavy atom. The summed E-state index contributed by atoms with van der Waals surface area (Å²) in [6.07, 6.45) is 10.1. The van der Waals surface area contributed by atoms with E-state index in [-0.39, 0.29) is 0 Å². The minimum absolute atomic E-state index is 0.859. The Kier molecular flexibility index (Phi) is 4.89. The predicted molar refractivity (Wildman–Crippen MR) is 164 cm³/mol. The van der Waals surface area contributed by atoms with Crippen molar-refractivity contribution in [1.82, 2.24) is 14.9 Å². The van der Waals surface area contributed by atoms with Crippen LogP contribution in [-0.2, 0) is 0 Å². The van der Waals surface area contributed by atoms with Crippen LogP contribution in [0.2, 0.25) is 0 Å². The van der Waals surface area contributed by atoms with Gasteiger partial charge < -0.3 is 9.88 Å². The van der Waals surface area contributed by atoms with E-state index < -0.39 is 0 Å². The van der Waals surface area contributed by atoms with Gasteiger partial charge in [0.15, 0.2) is 0 Å². The number of nitrogens with zero attached hydrogens (tertiary/aromatic N) is 2. The molecule has 0 unspecified atom stereocenters. The minimum Gasteiger partial charge on any atom is -0.381 e. The van der Waals surface area contributed by atoms with E-state index in [2.05, 4.69) is 136 Å². The summed E-state index contributed by atoms with van der Waals surface area (Å²) in [5.74, 6) is 0. The first kappa shape index (κ1) is 21.9. The number of rotatable bonds is 3. The lowest BCUT2D eigenvalue weighted by atomic mass is 10.0. The number of aromatic nitrogens is 2. The SMILES string of the molecule is C1=CCNC(c2ccc3c(ccc4c5ccc(-c6ccncc6)cc5n(-c5cccc6ccccc56)c34)c2)=C1. The summed E-state index contributed by atoms with van der Waals surface area (Å²) in [4.78, 5) is 4.22. The number of fused-ring (bicyclic) bond motifs is 6. The highest BCUT2D eigenvalue weighted by Crippen LogP contribution is 2.40. The Balaban J connectivity index is 1.49. The van der Waals surface area contributed by atoms with E-state index in [1.165, 1.54) is 65.7 Å². The van der Waals surface area contributed by atoms with Crippen molar-refractivity contribution in [2.75, 3.05) is 6.54 Å². The first-order chi connectivity index (χ1) is 19.3. The smallest absolute Gasteiger partial charge is 0.0619 e. The standard InChI is InChI=1S/C36H25N3/c1-2-8-29-25(6-1)7-5-10-34(29)39-35-23-26(24-17-20-37-21-18-24)11-15-31(35)32-16-12-27-22-28(13-14-30(27)36(32)39)33-9-3-4-19-38-33/h1-18,20-23,38H,19H2. The molecule has 7 aromatic rings. The van der Waals surface area contributed by atoms with Crippen LogP contribution in [0.1, 0.15) is 5.56 Å². The Bertz CT molecular complexity index is 2110. The van der Waals surface area contributed by atoms with Gasteiger partial charge in [-0.1, -0.05) is 84.9 Å². The topological polar surface area (TPSA) is 29.9 Å². The van der Waals surface area contributed by atoms with Crippen LogP contribution >= 0.6 is 0 Å². The fourth-order valence-corrected chi connectivity index (χ4v) is 6.04. The maximum absolute atomic E-state index is 4.22. The fraction of sp³-hybridized carbons (Fsp3) is 0.0278. The summed E-state index contributed by atoms with van der Waals surface area (Å²) < 4.78 is 2.47. The normalized spacial score (nSPS) is 13.3. The number of dihydropyridines is 1. The maximum atomic E-state index is 4.22. The number of hydrogen-bond acceptors (Lipinski definition) is 2. The van der Waals surface area contributed by atoms with E-state index >= 15 is 0 Å².